The Hall–Kier alpha value is 0.470. The van der Waals surface area contributed by atoms with Gasteiger partial charge in [-0.25, -0.2) is 0 Å². The normalized spacial score (nSPS) is 8.11. The van der Waals surface area contributed by atoms with Gasteiger partial charge in [0.25, 0.3) is 0 Å². The van der Waals surface area contributed by atoms with E-state index in [1.54, 1.807) is 0 Å². The van der Waals surface area contributed by atoms with Gasteiger partial charge >= 0.3 is 35.5 Å². The van der Waals surface area contributed by atoms with Crippen LogP contribution >= 0.6 is 0 Å². The first-order chi connectivity index (χ1) is 3.77. The Morgan fingerprint density at radius 1 is 1.44 bits per heavy atom. The Kier molecular flexibility index (Phi) is 11.5. The standard InChI is InChI=1S/C6H12O2.Na.H/c1-2-3-4-5-6(7)8;;/h2-5H2,1H3,(H,7,8);;. The Bertz CT molecular complexity index is 73.5. The van der Waals surface area contributed by atoms with E-state index in [9.17, 15) is 4.79 Å². The second kappa shape index (κ2) is 8.47. The molecule has 0 aliphatic carbocycles. The predicted molar refractivity (Wildman–Crippen MR) is 38.9 cm³/mol. The molecule has 0 spiro atoms. The van der Waals surface area contributed by atoms with Gasteiger partial charge in [-0.15, -0.1) is 0 Å². The van der Waals surface area contributed by atoms with Gasteiger partial charge in [0.15, 0.2) is 0 Å². The van der Waals surface area contributed by atoms with Crippen LogP contribution in [0, 0.1) is 0 Å². The summed E-state index contributed by atoms with van der Waals surface area (Å²) in [6.45, 7) is 2.06. The number of unbranched alkanes of at least 4 members (excludes halogenated alkanes) is 2. The van der Waals surface area contributed by atoms with Crippen LogP contribution < -0.4 is 0 Å². The second-order valence-electron chi connectivity index (χ2n) is 1.85. The van der Waals surface area contributed by atoms with E-state index >= 15 is 0 Å². The van der Waals surface area contributed by atoms with Crippen LogP contribution in [0.25, 0.3) is 0 Å². The van der Waals surface area contributed by atoms with Crippen LogP contribution in [-0.2, 0) is 4.79 Å². The monoisotopic (exact) mass is 140 g/mol. The molecule has 0 aromatic rings. The zero-order valence-corrected chi connectivity index (χ0v) is 5.18. The fourth-order valence-electron chi connectivity index (χ4n) is 0.526. The zero-order chi connectivity index (χ0) is 6.41. The summed E-state index contributed by atoms with van der Waals surface area (Å²) in [5.74, 6) is -0.682. The molecule has 3 heteroatoms. The molecule has 2 nitrogen and oxygen atoms in total. The van der Waals surface area contributed by atoms with Crippen molar-refractivity contribution in [2.24, 2.45) is 0 Å². The first-order valence-corrected chi connectivity index (χ1v) is 2.99. The van der Waals surface area contributed by atoms with Crippen LogP contribution in [0.1, 0.15) is 32.6 Å². The van der Waals surface area contributed by atoms with E-state index in [1.807, 2.05) is 0 Å². The van der Waals surface area contributed by atoms with Crippen molar-refractivity contribution >= 4 is 35.5 Å². The van der Waals surface area contributed by atoms with E-state index in [0.717, 1.165) is 19.3 Å². The fourth-order valence-corrected chi connectivity index (χ4v) is 0.526. The van der Waals surface area contributed by atoms with Crippen molar-refractivity contribution in [2.45, 2.75) is 32.6 Å². The molecule has 9 heavy (non-hydrogen) atoms. The van der Waals surface area contributed by atoms with Crippen molar-refractivity contribution in [3.63, 3.8) is 0 Å². The summed E-state index contributed by atoms with van der Waals surface area (Å²) < 4.78 is 0. The van der Waals surface area contributed by atoms with E-state index < -0.39 is 5.97 Å². The van der Waals surface area contributed by atoms with Crippen molar-refractivity contribution in [1.82, 2.24) is 0 Å². The number of carbonyl (C=O) groups is 1. The molecule has 0 bridgehead atoms. The summed E-state index contributed by atoms with van der Waals surface area (Å²) >= 11 is 0. The first kappa shape index (κ1) is 12.2. The molecule has 0 aliphatic heterocycles. The summed E-state index contributed by atoms with van der Waals surface area (Å²) in [6.07, 6.45) is 3.28. The minimum atomic E-state index is -0.682. The van der Waals surface area contributed by atoms with Crippen molar-refractivity contribution < 1.29 is 9.90 Å². The third-order valence-corrected chi connectivity index (χ3v) is 0.994. The molecule has 0 atom stereocenters. The molecule has 1 N–H and O–H groups in total. The van der Waals surface area contributed by atoms with Crippen LogP contribution in [-0.4, -0.2) is 40.6 Å². The van der Waals surface area contributed by atoms with E-state index in [0.29, 0.717) is 6.42 Å². The van der Waals surface area contributed by atoms with Crippen LogP contribution in [0.2, 0.25) is 0 Å². The van der Waals surface area contributed by atoms with Crippen molar-refractivity contribution in [1.29, 1.82) is 0 Å². The van der Waals surface area contributed by atoms with Crippen LogP contribution in [0.5, 0.6) is 0 Å². The van der Waals surface area contributed by atoms with Crippen LogP contribution in [0.4, 0.5) is 0 Å². The number of rotatable bonds is 4. The molecule has 0 aliphatic rings. The quantitative estimate of drug-likeness (QED) is 0.467. The Labute approximate surface area is 77.9 Å². The molecule has 0 aromatic carbocycles. The zero-order valence-electron chi connectivity index (χ0n) is 5.18. The van der Waals surface area contributed by atoms with Gasteiger partial charge in [-0.2, -0.15) is 0 Å². The van der Waals surface area contributed by atoms with Gasteiger partial charge in [0.1, 0.15) is 0 Å². The van der Waals surface area contributed by atoms with Crippen molar-refractivity contribution in [2.75, 3.05) is 0 Å². The molecular formula is C6H13NaO2. The summed E-state index contributed by atoms with van der Waals surface area (Å²) in [7, 11) is 0. The van der Waals surface area contributed by atoms with Gasteiger partial charge in [-0.05, 0) is 6.42 Å². The topological polar surface area (TPSA) is 37.3 Å². The van der Waals surface area contributed by atoms with Gasteiger partial charge in [0.05, 0.1) is 0 Å². The van der Waals surface area contributed by atoms with E-state index in [1.165, 1.54) is 0 Å². The average Bonchev–Trinajstić information content (AvgIpc) is 1.66. The molecule has 0 aromatic heterocycles. The molecule has 0 saturated carbocycles. The predicted octanol–water partition coefficient (Wildman–Crippen LogP) is 1.00. The number of carboxylic acids is 1. The molecule has 0 fully saturated rings. The summed E-state index contributed by atoms with van der Waals surface area (Å²) in [5.41, 5.74) is 0. The minimum absolute atomic E-state index is 0. The summed E-state index contributed by atoms with van der Waals surface area (Å²) in [5, 5.41) is 8.14. The van der Waals surface area contributed by atoms with Crippen LogP contribution in [0.15, 0.2) is 0 Å². The molecule has 50 valence electrons. The van der Waals surface area contributed by atoms with Gasteiger partial charge in [0.2, 0.25) is 0 Å². The number of hydrogen-bond donors (Lipinski definition) is 1. The molecule has 0 radical (unpaired) electrons. The van der Waals surface area contributed by atoms with E-state index in [2.05, 4.69) is 6.92 Å². The van der Waals surface area contributed by atoms with Gasteiger partial charge in [0, 0.05) is 6.42 Å². The maximum atomic E-state index is 9.87. The second-order valence-corrected chi connectivity index (χ2v) is 1.85. The SMILES string of the molecule is CCCCCC(=O)O.[NaH]. The average molecular weight is 140 g/mol. The molecule has 0 amide bonds. The third kappa shape index (κ3) is 11.8. The van der Waals surface area contributed by atoms with Crippen LogP contribution in [0.3, 0.4) is 0 Å². The fraction of sp³-hybridized carbons (Fsp3) is 0.833. The molecule has 0 heterocycles. The van der Waals surface area contributed by atoms with E-state index in [-0.39, 0.29) is 29.6 Å². The summed E-state index contributed by atoms with van der Waals surface area (Å²) in [6, 6.07) is 0. The maximum absolute atomic E-state index is 9.87. The van der Waals surface area contributed by atoms with Gasteiger partial charge in [-0.3, -0.25) is 4.79 Å². The number of carboxylic acid groups (broad SMARTS) is 1. The Morgan fingerprint density at radius 3 is 2.33 bits per heavy atom. The molecule has 0 rings (SSSR count). The van der Waals surface area contributed by atoms with Crippen molar-refractivity contribution in [3.05, 3.63) is 0 Å². The Morgan fingerprint density at radius 2 is 2.00 bits per heavy atom. The van der Waals surface area contributed by atoms with Gasteiger partial charge in [-0.1, -0.05) is 19.8 Å². The third-order valence-electron chi connectivity index (χ3n) is 0.994. The molecular weight excluding hydrogens is 127 g/mol. The first-order valence-electron chi connectivity index (χ1n) is 2.99. The van der Waals surface area contributed by atoms with E-state index in [4.69, 9.17) is 5.11 Å². The van der Waals surface area contributed by atoms with Gasteiger partial charge < -0.3 is 5.11 Å². The Balaban J connectivity index is 0. The summed E-state index contributed by atoms with van der Waals surface area (Å²) in [4.78, 5) is 9.87. The number of hydrogen-bond acceptors (Lipinski definition) is 1. The molecule has 0 unspecified atom stereocenters. The molecule has 0 saturated heterocycles. The number of aliphatic carboxylic acids is 1. The van der Waals surface area contributed by atoms with Crippen molar-refractivity contribution in [3.8, 4) is 0 Å².